The first kappa shape index (κ1) is 19.3. The van der Waals surface area contributed by atoms with Crippen LogP contribution < -0.4 is 9.47 Å². The van der Waals surface area contributed by atoms with Crippen LogP contribution >= 0.6 is 0 Å². The highest BCUT2D eigenvalue weighted by atomic mass is 16.6. The van der Waals surface area contributed by atoms with Gasteiger partial charge in [0.1, 0.15) is 13.2 Å². The van der Waals surface area contributed by atoms with Gasteiger partial charge in [-0.05, 0) is 30.5 Å². The summed E-state index contributed by atoms with van der Waals surface area (Å²) >= 11 is 0. The van der Waals surface area contributed by atoms with Crippen molar-refractivity contribution in [3.8, 4) is 11.5 Å². The molecule has 6 heteroatoms. The van der Waals surface area contributed by atoms with E-state index in [4.69, 9.17) is 14.2 Å². The van der Waals surface area contributed by atoms with Gasteiger partial charge >= 0.3 is 5.97 Å². The molecule has 1 fully saturated rings. The molecule has 1 atom stereocenters. The highest BCUT2D eigenvalue weighted by Crippen LogP contribution is 2.37. The number of hydrogen-bond donors (Lipinski definition) is 0. The first-order chi connectivity index (χ1) is 14.1. The number of benzene rings is 2. The van der Waals surface area contributed by atoms with Gasteiger partial charge in [0.2, 0.25) is 5.91 Å². The molecule has 0 saturated carbocycles. The number of fused-ring (bicyclic) bond motifs is 1. The molecule has 152 valence electrons. The molecule has 1 amide bonds. The van der Waals surface area contributed by atoms with Crippen molar-refractivity contribution in [3.05, 3.63) is 60.2 Å². The Morgan fingerprint density at radius 2 is 1.69 bits per heavy atom. The molecule has 0 N–H and O–H groups in total. The Morgan fingerprint density at radius 1 is 1.03 bits per heavy atom. The fraction of sp³-hybridized carbons (Fsp3) is 0.391. The summed E-state index contributed by atoms with van der Waals surface area (Å²) in [6.07, 6.45) is 0.736. The van der Waals surface area contributed by atoms with Crippen LogP contribution in [0.3, 0.4) is 0 Å². The van der Waals surface area contributed by atoms with Gasteiger partial charge in [0.05, 0.1) is 5.41 Å². The fourth-order valence-electron chi connectivity index (χ4n) is 4.02. The number of carbonyl (C=O) groups is 2. The van der Waals surface area contributed by atoms with Gasteiger partial charge in [-0.2, -0.15) is 0 Å². The molecule has 0 unspecified atom stereocenters. The molecule has 0 radical (unpaired) electrons. The molecule has 2 heterocycles. The number of para-hydroxylation sites is 2. The van der Waals surface area contributed by atoms with Crippen molar-refractivity contribution in [2.75, 3.05) is 26.3 Å². The van der Waals surface area contributed by atoms with Crippen LogP contribution in [-0.2, 0) is 19.7 Å². The molecule has 29 heavy (non-hydrogen) atoms. The van der Waals surface area contributed by atoms with Crippen LogP contribution in [0, 0.1) is 0 Å². The number of esters is 1. The molecule has 2 aliphatic heterocycles. The van der Waals surface area contributed by atoms with Crippen molar-refractivity contribution in [1.82, 2.24) is 4.90 Å². The summed E-state index contributed by atoms with van der Waals surface area (Å²) in [7, 11) is 0. The minimum Gasteiger partial charge on any atom is -0.486 e. The minimum atomic E-state index is -0.749. The molecule has 6 nitrogen and oxygen atoms in total. The van der Waals surface area contributed by atoms with Crippen LogP contribution in [0.2, 0.25) is 0 Å². The lowest BCUT2D eigenvalue weighted by Crippen LogP contribution is -2.50. The number of rotatable bonds is 4. The zero-order valence-corrected chi connectivity index (χ0v) is 16.5. The molecular weight excluding hydrogens is 370 g/mol. The smallest absolute Gasteiger partial charge is 0.316 e. The van der Waals surface area contributed by atoms with Gasteiger partial charge in [0.25, 0.3) is 0 Å². The molecule has 0 spiro atoms. The standard InChI is InChI=1S/C23H25NO5/c1-17(25)24-13-11-23(12-14-24,18-7-3-2-4-8-18)22(26)28-16-19-15-27-20-9-5-6-10-21(20)29-19/h2-10,19H,11-16H2,1H3/t19-/m1/s1. The lowest BCUT2D eigenvalue weighted by atomic mass is 9.72. The summed E-state index contributed by atoms with van der Waals surface area (Å²) < 4.78 is 17.3. The van der Waals surface area contributed by atoms with Crippen molar-refractivity contribution in [1.29, 1.82) is 0 Å². The van der Waals surface area contributed by atoms with E-state index in [0.717, 1.165) is 5.56 Å². The Morgan fingerprint density at radius 3 is 2.38 bits per heavy atom. The Balaban J connectivity index is 1.46. The van der Waals surface area contributed by atoms with E-state index in [-0.39, 0.29) is 24.6 Å². The average Bonchev–Trinajstić information content (AvgIpc) is 2.78. The van der Waals surface area contributed by atoms with Crippen LogP contribution in [-0.4, -0.2) is 49.2 Å². The van der Waals surface area contributed by atoms with Crippen molar-refractivity contribution in [3.63, 3.8) is 0 Å². The number of piperidine rings is 1. The first-order valence-electron chi connectivity index (χ1n) is 9.95. The first-order valence-corrected chi connectivity index (χ1v) is 9.95. The Kier molecular flexibility index (Phi) is 5.43. The van der Waals surface area contributed by atoms with E-state index in [9.17, 15) is 9.59 Å². The molecule has 4 rings (SSSR count). The largest absolute Gasteiger partial charge is 0.486 e. The molecule has 2 aliphatic rings. The van der Waals surface area contributed by atoms with Gasteiger partial charge in [-0.15, -0.1) is 0 Å². The lowest BCUT2D eigenvalue weighted by Gasteiger charge is -2.40. The minimum absolute atomic E-state index is 0.0337. The van der Waals surface area contributed by atoms with Crippen LogP contribution in [0.25, 0.3) is 0 Å². The van der Waals surface area contributed by atoms with E-state index in [1.807, 2.05) is 54.6 Å². The van der Waals surface area contributed by atoms with E-state index >= 15 is 0 Å². The van der Waals surface area contributed by atoms with Crippen molar-refractivity contribution in [2.24, 2.45) is 0 Å². The van der Waals surface area contributed by atoms with Crippen LogP contribution in [0.15, 0.2) is 54.6 Å². The summed E-state index contributed by atoms with van der Waals surface area (Å²) in [6, 6.07) is 17.2. The zero-order valence-electron chi connectivity index (χ0n) is 16.5. The molecular formula is C23H25NO5. The lowest BCUT2D eigenvalue weighted by molar-refractivity contribution is -0.157. The van der Waals surface area contributed by atoms with Gasteiger partial charge in [0.15, 0.2) is 17.6 Å². The highest BCUT2D eigenvalue weighted by molar-refractivity contribution is 5.84. The quantitative estimate of drug-likeness (QED) is 0.745. The maximum absolute atomic E-state index is 13.3. The van der Waals surface area contributed by atoms with Gasteiger partial charge < -0.3 is 19.1 Å². The molecule has 2 aromatic carbocycles. The van der Waals surface area contributed by atoms with Gasteiger partial charge in [-0.25, -0.2) is 0 Å². The van der Waals surface area contributed by atoms with Gasteiger partial charge in [0, 0.05) is 20.0 Å². The van der Waals surface area contributed by atoms with Crippen LogP contribution in [0.4, 0.5) is 0 Å². The SMILES string of the molecule is CC(=O)N1CCC(C(=O)OC[C@H]2COc3ccccc3O2)(c2ccccc2)CC1. The van der Waals surface area contributed by atoms with E-state index < -0.39 is 5.41 Å². The van der Waals surface area contributed by atoms with Crippen molar-refractivity contribution < 1.29 is 23.8 Å². The third-order valence-corrected chi connectivity index (χ3v) is 5.75. The normalized spacial score (nSPS) is 20.0. The highest BCUT2D eigenvalue weighted by Gasteiger charge is 2.45. The van der Waals surface area contributed by atoms with E-state index in [1.165, 1.54) is 0 Å². The average molecular weight is 395 g/mol. The Bertz CT molecular complexity index is 874. The fourth-order valence-corrected chi connectivity index (χ4v) is 4.02. The predicted molar refractivity (Wildman–Crippen MR) is 107 cm³/mol. The third kappa shape index (κ3) is 3.92. The summed E-state index contributed by atoms with van der Waals surface area (Å²) in [5.74, 6) is 1.13. The van der Waals surface area contributed by atoms with Crippen LogP contribution in [0.1, 0.15) is 25.3 Å². The molecule has 0 aromatic heterocycles. The summed E-state index contributed by atoms with van der Waals surface area (Å²) in [4.78, 5) is 26.8. The van der Waals surface area contributed by atoms with E-state index in [1.54, 1.807) is 11.8 Å². The summed E-state index contributed by atoms with van der Waals surface area (Å²) in [5, 5.41) is 0. The van der Waals surface area contributed by atoms with Gasteiger partial charge in [-0.3, -0.25) is 9.59 Å². The molecule has 2 aromatic rings. The third-order valence-electron chi connectivity index (χ3n) is 5.75. The van der Waals surface area contributed by atoms with Crippen LogP contribution in [0.5, 0.6) is 11.5 Å². The maximum Gasteiger partial charge on any atom is 0.316 e. The predicted octanol–water partition coefficient (Wildman–Crippen LogP) is 2.95. The summed E-state index contributed by atoms with van der Waals surface area (Å²) in [5.41, 5.74) is 0.181. The second kappa shape index (κ2) is 8.15. The topological polar surface area (TPSA) is 65.1 Å². The molecule has 0 bridgehead atoms. The zero-order chi connectivity index (χ0) is 20.3. The van der Waals surface area contributed by atoms with Crippen molar-refractivity contribution >= 4 is 11.9 Å². The van der Waals surface area contributed by atoms with Gasteiger partial charge in [-0.1, -0.05) is 42.5 Å². The number of hydrogen-bond acceptors (Lipinski definition) is 5. The maximum atomic E-state index is 13.3. The summed E-state index contributed by atoms with van der Waals surface area (Å²) in [6.45, 7) is 3.09. The molecule has 0 aliphatic carbocycles. The number of amides is 1. The molecule has 1 saturated heterocycles. The second-order valence-corrected chi connectivity index (χ2v) is 7.55. The Hall–Kier alpha value is -3.02. The van der Waals surface area contributed by atoms with E-state index in [2.05, 4.69) is 0 Å². The number of likely N-dealkylation sites (tertiary alicyclic amines) is 1. The number of nitrogens with zero attached hydrogens (tertiary/aromatic N) is 1. The van der Waals surface area contributed by atoms with E-state index in [0.29, 0.717) is 44.0 Å². The Labute approximate surface area is 170 Å². The van der Waals surface area contributed by atoms with Crippen molar-refractivity contribution in [2.45, 2.75) is 31.3 Å². The number of carbonyl (C=O) groups excluding carboxylic acids is 2. The number of ether oxygens (including phenoxy) is 3. The second-order valence-electron chi connectivity index (χ2n) is 7.55. The monoisotopic (exact) mass is 395 g/mol.